The second-order valence-corrected chi connectivity index (χ2v) is 9.29. The van der Waals surface area contributed by atoms with E-state index >= 15 is 0 Å². The predicted molar refractivity (Wildman–Crippen MR) is 134 cm³/mol. The summed E-state index contributed by atoms with van der Waals surface area (Å²) in [7, 11) is 0. The number of aromatic nitrogens is 4. The van der Waals surface area contributed by atoms with Crippen LogP contribution in [0.25, 0.3) is 28.0 Å². The van der Waals surface area contributed by atoms with Crippen LogP contribution in [-0.2, 0) is 9.53 Å². The molecule has 2 saturated heterocycles. The van der Waals surface area contributed by atoms with Crippen molar-refractivity contribution in [2.45, 2.75) is 18.9 Å². The van der Waals surface area contributed by atoms with E-state index < -0.39 is 17.5 Å². The number of carbonyl (C=O) groups is 1. The van der Waals surface area contributed by atoms with Gasteiger partial charge in [-0.15, -0.1) is 5.10 Å². The minimum Gasteiger partial charge on any atom is -0.383 e. The smallest absolute Gasteiger partial charge is 0.251 e. The summed E-state index contributed by atoms with van der Waals surface area (Å²) in [5.74, 6) is -1.57. The Morgan fingerprint density at radius 3 is 2.53 bits per heavy atom. The van der Waals surface area contributed by atoms with Gasteiger partial charge in [0.25, 0.3) is 5.91 Å². The van der Waals surface area contributed by atoms with Crippen LogP contribution in [0, 0.1) is 17.5 Å². The quantitative estimate of drug-likeness (QED) is 0.438. The molecule has 0 saturated carbocycles. The van der Waals surface area contributed by atoms with Crippen LogP contribution in [0.4, 0.5) is 24.9 Å². The zero-order chi connectivity index (χ0) is 26.4. The van der Waals surface area contributed by atoms with E-state index in [0.29, 0.717) is 50.0 Å². The molecule has 4 heterocycles. The van der Waals surface area contributed by atoms with E-state index in [0.717, 1.165) is 35.7 Å². The fourth-order valence-electron chi connectivity index (χ4n) is 4.92. The molecule has 9 nitrogen and oxygen atoms in total. The number of piperazine rings is 1. The lowest BCUT2D eigenvalue weighted by Crippen LogP contribution is -2.51. The van der Waals surface area contributed by atoms with Gasteiger partial charge in [-0.05, 0) is 37.1 Å². The van der Waals surface area contributed by atoms with Crippen molar-refractivity contribution in [2.24, 2.45) is 0 Å². The number of amides is 1. The molecule has 4 aromatic rings. The van der Waals surface area contributed by atoms with Gasteiger partial charge in [0, 0.05) is 44.4 Å². The van der Waals surface area contributed by atoms with Gasteiger partial charge in [0.05, 0.1) is 11.1 Å². The number of ether oxygens (including phenoxy) is 1. The van der Waals surface area contributed by atoms with Gasteiger partial charge in [0.15, 0.2) is 5.65 Å². The van der Waals surface area contributed by atoms with E-state index in [4.69, 9.17) is 15.5 Å². The Morgan fingerprint density at radius 1 is 1.00 bits per heavy atom. The first-order valence-corrected chi connectivity index (χ1v) is 12.3. The first kappa shape index (κ1) is 24.2. The van der Waals surface area contributed by atoms with Crippen molar-refractivity contribution < 1.29 is 22.7 Å². The van der Waals surface area contributed by atoms with Crippen LogP contribution >= 0.6 is 0 Å². The molecule has 2 aliphatic rings. The number of fused-ring (bicyclic) bond motifs is 1. The van der Waals surface area contributed by atoms with Gasteiger partial charge >= 0.3 is 0 Å². The van der Waals surface area contributed by atoms with Crippen molar-refractivity contribution in [3.63, 3.8) is 0 Å². The lowest BCUT2D eigenvalue weighted by atomic mass is 10.1. The van der Waals surface area contributed by atoms with Gasteiger partial charge in [0.1, 0.15) is 35.1 Å². The van der Waals surface area contributed by atoms with Gasteiger partial charge in [-0.3, -0.25) is 4.79 Å². The average Bonchev–Trinajstić information content (AvgIpc) is 3.58. The molecule has 196 valence electrons. The number of nitrogens with two attached hydrogens (primary N) is 1. The van der Waals surface area contributed by atoms with Gasteiger partial charge in [-0.25, -0.2) is 22.8 Å². The number of hydrogen-bond acceptors (Lipinski definition) is 7. The molecule has 2 fully saturated rings. The number of hydrogen-bond donors (Lipinski definition) is 1. The van der Waals surface area contributed by atoms with Crippen molar-refractivity contribution in [2.75, 3.05) is 43.4 Å². The number of benzene rings is 2. The molecule has 1 unspecified atom stereocenters. The molecule has 0 spiro atoms. The van der Waals surface area contributed by atoms with Crippen LogP contribution in [0.1, 0.15) is 12.8 Å². The number of nitrogen functional groups attached to an aromatic ring is 1. The summed E-state index contributed by atoms with van der Waals surface area (Å²) in [6, 6.07) is 8.80. The summed E-state index contributed by atoms with van der Waals surface area (Å²) in [5.41, 5.74) is 7.07. The zero-order valence-electron chi connectivity index (χ0n) is 20.3. The molecular weight excluding hydrogens is 499 g/mol. The highest BCUT2D eigenvalue weighted by Gasteiger charge is 2.31. The maximum absolute atomic E-state index is 14.6. The molecule has 0 radical (unpaired) electrons. The molecule has 1 atom stereocenters. The fourth-order valence-corrected chi connectivity index (χ4v) is 4.92. The van der Waals surface area contributed by atoms with Crippen LogP contribution in [-0.4, -0.2) is 69.4 Å². The highest BCUT2D eigenvalue weighted by atomic mass is 19.1. The average molecular weight is 524 g/mol. The zero-order valence-corrected chi connectivity index (χ0v) is 20.3. The highest BCUT2D eigenvalue weighted by molar-refractivity contribution is 5.99. The Kier molecular flexibility index (Phi) is 6.10. The lowest BCUT2D eigenvalue weighted by Gasteiger charge is -2.35. The largest absolute Gasteiger partial charge is 0.383 e. The van der Waals surface area contributed by atoms with E-state index in [1.807, 2.05) is 4.90 Å². The molecule has 2 aromatic heterocycles. The first-order valence-electron chi connectivity index (χ1n) is 12.3. The standard InChI is InChI=1S/C26H24F3N7O2/c27-16-4-1-3-15(13-16)22-21-23(30)36(19-14-17(28)6-7-18(19)29)33-24(21)32-26(31-22)35-10-8-34(9-11-35)25(37)20-5-2-12-38-20/h1,3-4,6-7,13-14,20H,2,5,8-12,30H2. The Bertz CT molecular complexity index is 1530. The molecule has 38 heavy (non-hydrogen) atoms. The first-order chi connectivity index (χ1) is 18.4. The van der Waals surface area contributed by atoms with E-state index in [9.17, 15) is 18.0 Å². The Hall–Kier alpha value is -4.19. The summed E-state index contributed by atoms with van der Waals surface area (Å²) in [6.45, 7) is 2.44. The summed E-state index contributed by atoms with van der Waals surface area (Å²) in [6.07, 6.45) is 1.22. The molecule has 2 aromatic carbocycles. The molecule has 0 aliphatic carbocycles. The summed E-state index contributed by atoms with van der Waals surface area (Å²) in [5, 5.41) is 4.66. The number of anilines is 2. The third kappa shape index (κ3) is 4.30. The van der Waals surface area contributed by atoms with Crippen LogP contribution in [0.15, 0.2) is 42.5 Å². The molecule has 2 N–H and O–H groups in total. The van der Waals surface area contributed by atoms with Crippen molar-refractivity contribution >= 4 is 28.7 Å². The summed E-state index contributed by atoms with van der Waals surface area (Å²) >= 11 is 0. The highest BCUT2D eigenvalue weighted by Crippen LogP contribution is 2.34. The Morgan fingerprint density at radius 2 is 1.79 bits per heavy atom. The van der Waals surface area contributed by atoms with Crippen LogP contribution in [0.2, 0.25) is 0 Å². The van der Waals surface area contributed by atoms with Gasteiger partial charge in [-0.1, -0.05) is 12.1 Å². The molecule has 2 aliphatic heterocycles. The molecule has 12 heteroatoms. The molecular formula is C26H24F3N7O2. The van der Waals surface area contributed by atoms with Crippen LogP contribution in [0.5, 0.6) is 0 Å². The third-order valence-electron chi connectivity index (χ3n) is 6.87. The van der Waals surface area contributed by atoms with E-state index in [2.05, 4.69) is 10.1 Å². The normalized spacial score (nSPS) is 17.9. The van der Waals surface area contributed by atoms with Gasteiger partial charge in [-0.2, -0.15) is 4.98 Å². The lowest BCUT2D eigenvalue weighted by molar-refractivity contribution is -0.141. The maximum atomic E-state index is 14.6. The minimum absolute atomic E-state index is 0.0115. The SMILES string of the molecule is Nc1c2c(-c3cccc(F)c3)nc(N3CCN(C(=O)C4CCCO4)CC3)nc2nn1-c1cc(F)ccc1F. The monoisotopic (exact) mass is 523 g/mol. The summed E-state index contributed by atoms with van der Waals surface area (Å²) in [4.78, 5) is 25.7. The molecule has 6 rings (SSSR count). The van der Waals surface area contributed by atoms with E-state index in [1.54, 1.807) is 17.0 Å². The summed E-state index contributed by atoms with van der Waals surface area (Å²) < 4.78 is 49.3. The minimum atomic E-state index is -0.724. The van der Waals surface area contributed by atoms with E-state index in [-0.39, 0.29) is 34.5 Å². The van der Waals surface area contributed by atoms with Crippen LogP contribution in [0.3, 0.4) is 0 Å². The number of carbonyl (C=O) groups excluding carboxylic acids is 1. The Labute approximate surface area is 215 Å². The van der Waals surface area contributed by atoms with Crippen LogP contribution < -0.4 is 10.6 Å². The van der Waals surface area contributed by atoms with Crippen molar-refractivity contribution in [1.29, 1.82) is 0 Å². The predicted octanol–water partition coefficient (Wildman–Crippen LogP) is 3.31. The van der Waals surface area contributed by atoms with Crippen molar-refractivity contribution in [3.8, 4) is 16.9 Å². The third-order valence-corrected chi connectivity index (χ3v) is 6.87. The number of nitrogens with zero attached hydrogens (tertiary/aromatic N) is 6. The fraction of sp³-hybridized carbons (Fsp3) is 0.308. The Balaban J connectivity index is 1.40. The molecule has 1 amide bonds. The van der Waals surface area contributed by atoms with Gasteiger partial charge in [0.2, 0.25) is 5.95 Å². The van der Waals surface area contributed by atoms with Crippen molar-refractivity contribution in [1.82, 2.24) is 24.6 Å². The second kappa shape index (κ2) is 9.60. The number of halogens is 3. The number of rotatable bonds is 4. The topological polar surface area (TPSA) is 102 Å². The van der Waals surface area contributed by atoms with Crippen molar-refractivity contribution in [3.05, 3.63) is 59.9 Å². The maximum Gasteiger partial charge on any atom is 0.251 e. The molecule has 0 bridgehead atoms. The second-order valence-electron chi connectivity index (χ2n) is 9.29. The van der Waals surface area contributed by atoms with E-state index in [1.165, 1.54) is 12.1 Å². The van der Waals surface area contributed by atoms with Gasteiger partial charge < -0.3 is 20.3 Å².